The minimum atomic E-state index is -0.297. The number of nitrogens with one attached hydrogen (secondary N) is 1. The molecule has 0 radical (unpaired) electrons. The SMILES string of the molecule is CON(C)C(=O)c1sc2c(ccc(=O)n2-c2ccc(N(C)C)cc2)c1Nc1ccccc1. The molecule has 7 nitrogen and oxygen atoms in total. The van der Waals surface area contributed by atoms with E-state index < -0.39 is 0 Å². The number of rotatable bonds is 6. The third-order valence-corrected chi connectivity index (χ3v) is 6.34. The minimum Gasteiger partial charge on any atom is -0.378 e. The van der Waals surface area contributed by atoms with Crippen LogP contribution >= 0.6 is 11.3 Å². The summed E-state index contributed by atoms with van der Waals surface area (Å²) in [5, 5.41) is 5.32. The van der Waals surface area contributed by atoms with Gasteiger partial charge in [0.05, 0.1) is 18.5 Å². The van der Waals surface area contributed by atoms with Crippen molar-refractivity contribution >= 4 is 44.5 Å². The lowest BCUT2D eigenvalue weighted by molar-refractivity contribution is -0.0753. The average Bonchev–Trinajstić information content (AvgIpc) is 3.16. The smallest absolute Gasteiger partial charge is 0.289 e. The molecular formula is C24H24N4O3S. The number of benzene rings is 2. The maximum absolute atomic E-state index is 13.1. The number of fused-ring (bicyclic) bond motifs is 1. The van der Waals surface area contributed by atoms with E-state index in [9.17, 15) is 9.59 Å². The van der Waals surface area contributed by atoms with Crippen LogP contribution in [0.2, 0.25) is 0 Å². The second-order valence-electron chi connectivity index (χ2n) is 7.42. The second-order valence-corrected chi connectivity index (χ2v) is 8.42. The molecule has 0 saturated carbocycles. The van der Waals surface area contributed by atoms with Gasteiger partial charge in [-0.2, -0.15) is 0 Å². The van der Waals surface area contributed by atoms with Crippen LogP contribution in [0.25, 0.3) is 15.9 Å². The summed E-state index contributed by atoms with van der Waals surface area (Å²) < 4.78 is 1.64. The molecule has 4 rings (SSSR count). The van der Waals surface area contributed by atoms with Gasteiger partial charge < -0.3 is 10.2 Å². The molecule has 2 heterocycles. The fourth-order valence-electron chi connectivity index (χ4n) is 3.39. The molecule has 164 valence electrons. The standard InChI is InChI=1S/C24H24N4O3S/c1-26(2)17-10-12-18(13-11-17)28-20(29)15-14-19-21(25-16-8-6-5-7-9-16)22(32-24(19)28)23(30)27(3)31-4/h5-15,25H,1-4H3. The van der Waals surface area contributed by atoms with Crippen LogP contribution in [0.4, 0.5) is 17.1 Å². The van der Waals surface area contributed by atoms with Crippen LogP contribution in [0.5, 0.6) is 0 Å². The molecule has 0 spiro atoms. The number of nitrogens with zero attached hydrogens (tertiary/aromatic N) is 3. The largest absolute Gasteiger partial charge is 0.378 e. The average molecular weight is 449 g/mol. The van der Waals surface area contributed by atoms with Gasteiger partial charge >= 0.3 is 0 Å². The van der Waals surface area contributed by atoms with Crippen molar-refractivity contribution in [3.05, 3.63) is 82.0 Å². The number of anilines is 3. The Morgan fingerprint density at radius 2 is 1.66 bits per heavy atom. The predicted molar refractivity (Wildman–Crippen MR) is 131 cm³/mol. The van der Waals surface area contributed by atoms with E-state index in [0.717, 1.165) is 22.4 Å². The van der Waals surface area contributed by atoms with Crippen LogP contribution in [0.3, 0.4) is 0 Å². The number of aromatic nitrogens is 1. The van der Waals surface area contributed by atoms with Gasteiger partial charge in [-0.1, -0.05) is 18.2 Å². The maximum atomic E-state index is 13.1. The molecule has 0 atom stereocenters. The third-order valence-electron chi connectivity index (χ3n) is 5.16. The zero-order chi connectivity index (χ0) is 22.8. The lowest BCUT2D eigenvalue weighted by Gasteiger charge is -2.14. The lowest BCUT2D eigenvalue weighted by Crippen LogP contribution is -2.25. The van der Waals surface area contributed by atoms with Crippen LogP contribution < -0.4 is 15.8 Å². The van der Waals surface area contributed by atoms with E-state index in [2.05, 4.69) is 5.32 Å². The van der Waals surface area contributed by atoms with E-state index in [0.29, 0.717) is 15.4 Å². The first kappa shape index (κ1) is 21.6. The number of para-hydroxylation sites is 1. The molecule has 0 unspecified atom stereocenters. The van der Waals surface area contributed by atoms with Crippen molar-refractivity contribution < 1.29 is 9.63 Å². The van der Waals surface area contributed by atoms with Gasteiger partial charge in [-0.05, 0) is 42.5 Å². The Hall–Kier alpha value is -3.62. The van der Waals surface area contributed by atoms with Crippen molar-refractivity contribution in [2.24, 2.45) is 0 Å². The van der Waals surface area contributed by atoms with Crippen molar-refractivity contribution in [1.82, 2.24) is 9.63 Å². The summed E-state index contributed by atoms with van der Waals surface area (Å²) in [6.07, 6.45) is 0. The normalized spacial score (nSPS) is 10.9. The Kier molecular flexibility index (Phi) is 5.98. The summed E-state index contributed by atoms with van der Waals surface area (Å²) in [6, 6.07) is 20.6. The molecule has 0 aliphatic carbocycles. The highest BCUT2D eigenvalue weighted by molar-refractivity contribution is 7.21. The van der Waals surface area contributed by atoms with E-state index >= 15 is 0 Å². The van der Waals surface area contributed by atoms with E-state index in [1.165, 1.54) is 29.6 Å². The molecule has 4 aromatic rings. The van der Waals surface area contributed by atoms with Gasteiger partial charge in [-0.25, -0.2) is 5.06 Å². The monoisotopic (exact) mass is 448 g/mol. The fourth-order valence-corrected chi connectivity index (χ4v) is 4.63. The Bertz CT molecular complexity index is 1310. The van der Waals surface area contributed by atoms with E-state index in [1.807, 2.05) is 73.6 Å². The number of thiophene rings is 1. The molecule has 0 aliphatic heterocycles. The zero-order valence-corrected chi connectivity index (χ0v) is 19.1. The third kappa shape index (κ3) is 3.98. The zero-order valence-electron chi connectivity index (χ0n) is 18.3. The molecular weight excluding hydrogens is 424 g/mol. The quantitative estimate of drug-likeness (QED) is 0.440. The number of pyridine rings is 1. The molecule has 2 aromatic carbocycles. The second kappa shape index (κ2) is 8.86. The molecule has 0 fully saturated rings. The molecule has 32 heavy (non-hydrogen) atoms. The lowest BCUT2D eigenvalue weighted by atomic mass is 10.2. The number of carbonyl (C=O) groups excluding carboxylic acids is 1. The van der Waals surface area contributed by atoms with Gasteiger partial charge in [0.25, 0.3) is 11.5 Å². The summed E-state index contributed by atoms with van der Waals surface area (Å²) in [4.78, 5) is 34.3. The van der Waals surface area contributed by atoms with Crippen molar-refractivity contribution in [3.8, 4) is 5.69 Å². The first-order chi connectivity index (χ1) is 15.4. The molecule has 1 amide bonds. The Morgan fingerprint density at radius 1 is 0.969 bits per heavy atom. The number of hydroxylamine groups is 2. The van der Waals surface area contributed by atoms with Crippen LogP contribution in [-0.2, 0) is 4.84 Å². The highest BCUT2D eigenvalue weighted by Gasteiger charge is 2.24. The highest BCUT2D eigenvalue weighted by atomic mass is 32.1. The van der Waals surface area contributed by atoms with Gasteiger partial charge in [-0.3, -0.25) is 19.0 Å². The van der Waals surface area contributed by atoms with Gasteiger partial charge in [0.1, 0.15) is 9.71 Å². The number of carbonyl (C=O) groups is 1. The molecule has 2 aromatic heterocycles. The van der Waals surface area contributed by atoms with Gasteiger partial charge in [-0.15, -0.1) is 11.3 Å². The first-order valence-corrected chi connectivity index (χ1v) is 10.8. The van der Waals surface area contributed by atoms with E-state index in [1.54, 1.807) is 17.7 Å². The summed E-state index contributed by atoms with van der Waals surface area (Å²) in [5.74, 6) is -0.297. The molecule has 8 heteroatoms. The van der Waals surface area contributed by atoms with Gasteiger partial charge in [0, 0.05) is 44.0 Å². The fraction of sp³-hybridized carbons (Fsp3) is 0.167. The predicted octanol–water partition coefficient (Wildman–Crippen LogP) is 4.50. The van der Waals surface area contributed by atoms with Crippen molar-refractivity contribution in [2.45, 2.75) is 0 Å². The Labute approximate surface area is 190 Å². The van der Waals surface area contributed by atoms with Crippen molar-refractivity contribution in [1.29, 1.82) is 0 Å². The first-order valence-electron chi connectivity index (χ1n) is 10.0. The summed E-state index contributed by atoms with van der Waals surface area (Å²) in [5.41, 5.74) is 3.09. The van der Waals surface area contributed by atoms with Gasteiger partial charge in [0.15, 0.2) is 0 Å². The minimum absolute atomic E-state index is 0.165. The van der Waals surface area contributed by atoms with Crippen molar-refractivity contribution in [2.75, 3.05) is 38.5 Å². The van der Waals surface area contributed by atoms with Crippen LogP contribution in [0.1, 0.15) is 9.67 Å². The number of hydrogen-bond donors (Lipinski definition) is 1. The van der Waals surface area contributed by atoms with E-state index in [4.69, 9.17) is 4.84 Å². The number of amides is 1. The number of hydrogen-bond acceptors (Lipinski definition) is 6. The van der Waals surface area contributed by atoms with E-state index in [-0.39, 0.29) is 11.5 Å². The highest BCUT2D eigenvalue weighted by Crippen LogP contribution is 2.38. The van der Waals surface area contributed by atoms with Crippen molar-refractivity contribution in [3.63, 3.8) is 0 Å². The summed E-state index contributed by atoms with van der Waals surface area (Å²) in [6.45, 7) is 0. The van der Waals surface area contributed by atoms with Gasteiger partial charge in [0.2, 0.25) is 0 Å². The summed E-state index contributed by atoms with van der Waals surface area (Å²) in [7, 11) is 6.93. The molecule has 0 aliphatic rings. The van der Waals surface area contributed by atoms with Crippen LogP contribution in [-0.4, -0.2) is 43.8 Å². The topological polar surface area (TPSA) is 66.8 Å². The van der Waals surface area contributed by atoms with Crippen LogP contribution in [0, 0.1) is 0 Å². The maximum Gasteiger partial charge on any atom is 0.289 e. The molecule has 0 saturated heterocycles. The van der Waals surface area contributed by atoms with Crippen LogP contribution in [0.15, 0.2) is 71.5 Å². The Morgan fingerprint density at radius 3 is 2.28 bits per heavy atom. The summed E-state index contributed by atoms with van der Waals surface area (Å²) >= 11 is 1.26. The molecule has 1 N–H and O–H groups in total. The molecule has 0 bridgehead atoms. The Balaban J connectivity index is 1.94.